The first-order chi connectivity index (χ1) is 13.5. The molecule has 1 aromatic heterocycles. The van der Waals surface area contributed by atoms with Gasteiger partial charge in [0.1, 0.15) is 5.69 Å². The third-order valence-corrected chi connectivity index (χ3v) is 4.72. The first kappa shape index (κ1) is 19.6. The van der Waals surface area contributed by atoms with Crippen molar-refractivity contribution in [1.82, 2.24) is 9.55 Å². The van der Waals surface area contributed by atoms with Crippen LogP contribution in [0.25, 0.3) is 0 Å². The van der Waals surface area contributed by atoms with Crippen LogP contribution in [-0.2, 0) is 11.3 Å². The number of nitrogens with one attached hydrogen (secondary N) is 2. The summed E-state index contributed by atoms with van der Waals surface area (Å²) in [7, 11) is 0. The quantitative estimate of drug-likeness (QED) is 0.644. The van der Waals surface area contributed by atoms with Crippen LogP contribution >= 0.6 is 11.6 Å². The lowest BCUT2D eigenvalue weighted by Gasteiger charge is -2.08. The fraction of sp³-hybridized carbons (Fsp3) is 0.190. The van der Waals surface area contributed by atoms with Crippen LogP contribution in [0.15, 0.2) is 55.0 Å². The smallest absolute Gasteiger partial charge is 0.275 e. The van der Waals surface area contributed by atoms with Gasteiger partial charge in [0.25, 0.3) is 5.91 Å². The molecule has 1 heterocycles. The molecule has 2 amide bonds. The third kappa shape index (κ3) is 4.78. The second-order valence-corrected chi connectivity index (χ2v) is 6.80. The summed E-state index contributed by atoms with van der Waals surface area (Å²) in [5.41, 5.74) is 3.60. The van der Waals surface area contributed by atoms with Crippen LogP contribution in [0.5, 0.6) is 0 Å². The van der Waals surface area contributed by atoms with Crippen molar-refractivity contribution in [2.24, 2.45) is 0 Å². The molecule has 0 bridgehead atoms. The maximum atomic E-state index is 12.4. The number of hydrogen-bond acceptors (Lipinski definition) is 3. The molecule has 2 aromatic carbocycles. The molecule has 3 rings (SSSR count). The van der Waals surface area contributed by atoms with Crippen LogP contribution < -0.4 is 10.6 Å². The molecular formula is C21H21ClN4O2. The van der Waals surface area contributed by atoms with Crippen molar-refractivity contribution in [3.8, 4) is 0 Å². The molecule has 7 heteroatoms. The molecule has 0 aliphatic rings. The molecule has 0 atom stereocenters. The molecule has 144 valence electrons. The van der Waals surface area contributed by atoms with Gasteiger partial charge in [0, 0.05) is 35.6 Å². The SMILES string of the molecule is CCC(=O)Nc1ccc(Cn2cnc(C(=O)Nc3cccc(Cl)c3C)c2)cc1. The summed E-state index contributed by atoms with van der Waals surface area (Å²) < 4.78 is 1.83. The molecule has 3 aromatic rings. The number of amides is 2. The highest BCUT2D eigenvalue weighted by molar-refractivity contribution is 6.31. The van der Waals surface area contributed by atoms with Crippen LogP contribution in [0.4, 0.5) is 11.4 Å². The lowest BCUT2D eigenvalue weighted by atomic mass is 10.2. The van der Waals surface area contributed by atoms with Gasteiger partial charge in [0.2, 0.25) is 5.91 Å². The molecule has 0 aliphatic carbocycles. The number of aromatic nitrogens is 2. The van der Waals surface area contributed by atoms with E-state index in [1.807, 2.05) is 42.7 Å². The third-order valence-electron chi connectivity index (χ3n) is 4.31. The summed E-state index contributed by atoms with van der Waals surface area (Å²) in [6.45, 7) is 4.23. The zero-order valence-electron chi connectivity index (χ0n) is 15.7. The topological polar surface area (TPSA) is 76.0 Å². The Hall–Kier alpha value is -3.12. The Morgan fingerprint density at radius 2 is 1.86 bits per heavy atom. The van der Waals surface area contributed by atoms with Crippen LogP contribution in [0.1, 0.15) is 35.0 Å². The van der Waals surface area contributed by atoms with Crippen molar-refractivity contribution in [3.63, 3.8) is 0 Å². The van der Waals surface area contributed by atoms with Gasteiger partial charge in [-0.3, -0.25) is 9.59 Å². The summed E-state index contributed by atoms with van der Waals surface area (Å²) in [6, 6.07) is 12.9. The van der Waals surface area contributed by atoms with Gasteiger partial charge in [-0.2, -0.15) is 0 Å². The first-order valence-corrected chi connectivity index (χ1v) is 9.31. The molecule has 0 fully saturated rings. The minimum Gasteiger partial charge on any atom is -0.332 e. The number of hydrogen-bond donors (Lipinski definition) is 2. The first-order valence-electron chi connectivity index (χ1n) is 8.93. The van der Waals surface area contributed by atoms with E-state index in [0.717, 1.165) is 16.8 Å². The lowest BCUT2D eigenvalue weighted by Crippen LogP contribution is -2.13. The molecule has 6 nitrogen and oxygen atoms in total. The minimum atomic E-state index is -0.290. The van der Waals surface area contributed by atoms with Crippen LogP contribution in [0.3, 0.4) is 0 Å². The molecule has 2 N–H and O–H groups in total. The van der Waals surface area contributed by atoms with Gasteiger partial charge in [-0.15, -0.1) is 0 Å². The van der Waals surface area contributed by atoms with Gasteiger partial charge in [-0.25, -0.2) is 4.98 Å². The second kappa shape index (κ2) is 8.71. The van der Waals surface area contributed by atoms with E-state index in [2.05, 4.69) is 15.6 Å². The normalized spacial score (nSPS) is 10.5. The number of anilines is 2. The van der Waals surface area contributed by atoms with Gasteiger partial charge in [0.15, 0.2) is 0 Å². The summed E-state index contributed by atoms with van der Waals surface area (Å²) in [6.07, 6.45) is 3.75. The van der Waals surface area contributed by atoms with Crippen LogP contribution in [-0.4, -0.2) is 21.4 Å². The van der Waals surface area contributed by atoms with Crippen molar-refractivity contribution in [2.45, 2.75) is 26.8 Å². The fourth-order valence-corrected chi connectivity index (χ4v) is 2.82. The average Bonchev–Trinajstić information content (AvgIpc) is 3.15. The van der Waals surface area contributed by atoms with Crippen molar-refractivity contribution in [2.75, 3.05) is 10.6 Å². The predicted molar refractivity (Wildman–Crippen MR) is 111 cm³/mol. The van der Waals surface area contributed by atoms with Crippen LogP contribution in [0, 0.1) is 6.92 Å². The number of nitrogens with zero attached hydrogens (tertiary/aromatic N) is 2. The zero-order valence-corrected chi connectivity index (χ0v) is 16.5. The number of carbonyl (C=O) groups is 2. The number of imidazole rings is 1. The largest absolute Gasteiger partial charge is 0.332 e. The number of rotatable bonds is 6. The van der Waals surface area contributed by atoms with E-state index in [1.54, 1.807) is 30.7 Å². The highest BCUT2D eigenvalue weighted by Gasteiger charge is 2.12. The highest BCUT2D eigenvalue weighted by Crippen LogP contribution is 2.23. The maximum Gasteiger partial charge on any atom is 0.275 e. The molecule has 0 unspecified atom stereocenters. The van der Waals surface area contributed by atoms with E-state index >= 15 is 0 Å². The van der Waals surface area contributed by atoms with Crippen molar-refractivity contribution >= 4 is 34.8 Å². The Morgan fingerprint density at radius 3 is 2.57 bits per heavy atom. The molecule has 0 radical (unpaired) electrons. The number of benzene rings is 2. The Kier molecular flexibility index (Phi) is 6.11. The van der Waals surface area contributed by atoms with Crippen molar-refractivity contribution in [1.29, 1.82) is 0 Å². The summed E-state index contributed by atoms with van der Waals surface area (Å²) in [5.74, 6) is -0.310. The number of carbonyl (C=O) groups excluding carboxylic acids is 2. The van der Waals surface area contributed by atoms with Crippen molar-refractivity contribution in [3.05, 3.63) is 76.8 Å². The van der Waals surface area contributed by atoms with E-state index in [9.17, 15) is 9.59 Å². The summed E-state index contributed by atoms with van der Waals surface area (Å²) in [4.78, 5) is 28.1. The lowest BCUT2D eigenvalue weighted by molar-refractivity contribution is -0.115. The highest BCUT2D eigenvalue weighted by atomic mass is 35.5. The van der Waals surface area contributed by atoms with Gasteiger partial charge >= 0.3 is 0 Å². The molecule has 28 heavy (non-hydrogen) atoms. The predicted octanol–water partition coefficient (Wildman–Crippen LogP) is 4.49. The van der Waals surface area contributed by atoms with Crippen LogP contribution in [0.2, 0.25) is 5.02 Å². The minimum absolute atomic E-state index is 0.0204. The van der Waals surface area contributed by atoms with E-state index < -0.39 is 0 Å². The van der Waals surface area contributed by atoms with Crippen molar-refractivity contribution < 1.29 is 9.59 Å². The number of halogens is 1. The van der Waals surface area contributed by atoms with Gasteiger partial charge in [-0.05, 0) is 42.3 Å². The molecule has 0 spiro atoms. The average molecular weight is 397 g/mol. The molecule has 0 saturated heterocycles. The molecule has 0 aliphatic heterocycles. The van der Waals surface area contributed by atoms with Gasteiger partial charge in [-0.1, -0.05) is 36.7 Å². The molecule has 0 saturated carbocycles. The Bertz CT molecular complexity index is 996. The van der Waals surface area contributed by atoms with Gasteiger partial charge < -0.3 is 15.2 Å². The monoisotopic (exact) mass is 396 g/mol. The zero-order chi connectivity index (χ0) is 20.1. The van der Waals surface area contributed by atoms with E-state index in [4.69, 9.17) is 11.6 Å². The molecular weight excluding hydrogens is 376 g/mol. The summed E-state index contributed by atoms with van der Waals surface area (Å²) >= 11 is 6.09. The fourth-order valence-electron chi connectivity index (χ4n) is 2.65. The van der Waals surface area contributed by atoms with Gasteiger partial charge in [0.05, 0.1) is 6.33 Å². The summed E-state index contributed by atoms with van der Waals surface area (Å²) in [5, 5.41) is 6.25. The van der Waals surface area contributed by atoms with E-state index in [1.165, 1.54) is 0 Å². The standard InChI is InChI=1S/C21H21ClN4O2/c1-3-20(27)24-16-9-7-15(8-10-16)11-26-12-19(23-13-26)21(28)25-18-6-4-5-17(22)14(18)2/h4-10,12-13H,3,11H2,1-2H3,(H,24,27)(H,25,28). The van der Waals surface area contributed by atoms with E-state index in [-0.39, 0.29) is 11.8 Å². The second-order valence-electron chi connectivity index (χ2n) is 6.40. The Labute approximate surface area is 168 Å². The maximum absolute atomic E-state index is 12.4. The Balaban J connectivity index is 1.64. The van der Waals surface area contributed by atoms with E-state index in [0.29, 0.717) is 29.4 Å². The Morgan fingerprint density at radius 1 is 1.11 bits per heavy atom.